The van der Waals surface area contributed by atoms with E-state index in [1.807, 2.05) is 6.07 Å². The summed E-state index contributed by atoms with van der Waals surface area (Å²) in [5.74, 6) is 0.322. The maximum Gasteiger partial charge on any atom is 0.115 e. The van der Waals surface area contributed by atoms with Crippen molar-refractivity contribution in [1.82, 2.24) is 0 Å². The Morgan fingerprint density at radius 3 is 1.56 bits per heavy atom. The number of phenolic OH excluding ortho intramolecular Hbond substituents is 1. The Morgan fingerprint density at radius 2 is 1.33 bits per heavy atom. The Labute approximate surface area is 58.9 Å². The first kappa shape index (κ1) is 11.0. The largest absolute Gasteiger partial charge is 0.508 e. The second-order valence-corrected chi connectivity index (χ2v) is 1.34. The topological polar surface area (TPSA) is 20.2 Å². The molecule has 0 aromatic heterocycles. The minimum atomic E-state index is 0. The number of hydrogen-bond acceptors (Lipinski definition) is 1. The Kier molecular flexibility index (Phi) is 6.47. The van der Waals surface area contributed by atoms with Crippen LogP contribution in [0.3, 0.4) is 0 Å². The Bertz CT molecular complexity index is 141. The lowest BCUT2D eigenvalue weighted by Crippen LogP contribution is -1.56. The van der Waals surface area contributed by atoms with E-state index in [0.717, 1.165) is 0 Å². The van der Waals surface area contributed by atoms with Gasteiger partial charge in [0.15, 0.2) is 0 Å². The first-order valence-electron chi connectivity index (χ1n) is 2.13. The van der Waals surface area contributed by atoms with Gasteiger partial charge < -0.3 is 5.11 Å². The van der Waals surface area contributed by atoms with Gasteiger partial charge >= 0.3 is 0 Å². The second kappa shape index (κ2) is 5.29. The maximum absolute atomic E-state index is 8.63. The highest BCUT2D eigenvalue weighted by atomic mass is 16.3. The van der Waals surface area contributed by atoms with Crippen LogP contribution in [0.25, 0.3) is 0 Å². The van der Waals surface area contributed by atoms with Gasteiger partial charge in [-0.05, 0) is 12.1 Å². The van der Waals surface area contributed by atoms with Crippen molar-refractivity contribution in [3.05, 3.63) is 30.3 Å². The SMILES string of the molecule is Oc1ccccc1.[B].[B]. The first-order valence-corrected chi connectivity index (χ1v) is 2.13. The molecule has 0 aliphatic heterocycles. The van der Waals surface area contributed by atoms with Gasteiger partial charge in [-0.25, -0.2) is 0 Å². The molecule has 9 heavy (non-hydrogen) atoms. The average molecular weight is 116 g/mol. The summed E-state index contributed by atoms with van der Waals surface area (Å²) in [6.07, 6.45) is 0. The Morgan fingerprint density at radius 1 is 0.889 bits per heavy atom. The van der Waals surface area contributed by atoms with E-state index >= 15 is 0 Å². The van der Waals surface area contributed by atoms with Crippen molar-refractivity contribution in [3.63, 3.8) is 0 Å². The van der Waals surface area contributed by atoms with Gasteiger partial charge in [-0.3, -0.25) is 0 Å². The lowest BCUT2D eigenvalue weighted by Gasteiger charge is -1.82. The standard InChI is InChI=1S/C6H6O.2B/c7-6-4-2-1-3-5-6;;/h1-5,7H;;. The van der Waals surface area contributed by atoms with Crippen LogP contribution in [0.4, 0.5) is 0 Å². The van der Waals surface area contributed by atoms with Crippen molar-refractivity contribution in [3.8, 4) is 5.75 Å². The van der Waals surface area contributed by atoms with Crippen LogP contribution in [0, 0.1) is 0 Å². The molecular weight excluding hydrogens is 110 g/mol. The Balaban J connectivity index is 0. The molecule has 0 heterocycles. The summed E-state index contributed by atoms with van der Waals surface area (Å²) in [5, 5.41) is 8.63. The number of para-hydroxylation sites is 1. The molecule has 0 unspecified atom stereocenters. The van der Waals surface area contributed by atoms with E-state index in [2.05, 4.69) is 0 Å². The third-order valence-corrected chi connectivity index (χ3v) is 0.756. The summed E-state index contributed by atoms with van der Waals surface area (Å²) in [5.41, 5.74) is 0. The van der Waals surface area contributed by atoms with Crippen molar-refractivity contribution in [2.45, 2.75) is 0 Å². The van der Waals surface area contributed by atoms with Crippen LogP contribution in [-0.2, 0) is 0 Å². The smallest absolute Gasteiger partial charge is 0.115 e. The third kappa shape index (κ3) is 3.71. The molecule has 0 aliphatic carbocycles. The average Bonchev–Trinajstić information content (AvgIpc) is 1.69. The molecule has 0 fully saturated rings. The third-order valence-electron chi connectivity index (χ3n) is 0.756. The lowest BCUT2D eigenvalue weighted by molar-refractivity contribution is 0.475. The van der Waals surface area contributed by atoms with Crippen LogP contribution in [-0.4, -0.2) is 21.9 Å². The highest BCUT2D eigenvalue weighted by Crippen LogP contribution is 2.02. The predicted octanol–water partition coefficient (Wildman–Crippen LogP) is 0.631. The van der Waals surface area contributed by atoms with E-state index in [0.29, 0.717) is 5.75 Å². The van der Waals surface area contributed by atoms with Crippen LogP contribution in [0.1, 0.15) is 0 Å². The van der Waals surface area contributed by atoms with Crippen molar-refractivity contribution in [1.29, 1.82) is 0 Å². The van der Waals surface area contributed by atoms with Crippen molar-refractivity contribution in [2.24, 2.45) is 0 Å². The van der Waals surface area contributed by atoms with Gasteiger partial charge in [-0.15, -0.1) is 0 Å². The summed E-state index contributed by atoms with van der Waals surface area (Å²) in [7, 11) is 0. The zero-order valence-electron chi connectivity index (χ0n) is 4.99. The molecule has 6 radical (unpaired) electrons. The fourth-order valence-electron chi connectivity index (χ4n) is 0.428. The molecule has 1 nitrogen and oxygen atoms in total. The number of hydrogen-bond donors (Lipinski definition) is 1. The highest BCUT2D eigenvalue weighted by Gasteiger charge is 1.74. The first-order chi connectivity index (χ1) is 3.39. The molecule has 1 aromatic carbocycles. The summed E-state index contributed by atoms with van der Waals surface area (Å²) in [4.78, 5) is 0. The Hall–Kier alpha value is -0.850. The van der Waals surface area contributed by atoms with Gasteiger partial charge in [-0.2, -0.15) is 0 Å². The maximum atomic E-state index is 8.63. The number of benzene rings is 1. The van der Waals surface area contributed by atoms with Crippen molar-refractivity contribution in [2.75, 3.05) is 0 Å². The molecule has 0 saturated heterocycles. The molecule has 1 aromatic rings. The minimum Gasteiger partial charge on any atom is -0.508 e. The molecule has 0 bridgehead atoms. The van der Waals surface area contributed by atoms with Crippen molar-refractivity contribution < 1.29 is 5.11 Å². The van der Waals surface area contributed by atoms with Gasteiger partial charge in [-0.1, -0.05) is 18.2 Å². The van der Waals surface area contributed by atoms with Crippen LogP contribution >= 0.6 is 0 Å². The van der Waals surface area contributed by atoms with Crippen molar-refractivity contribution >= 4 is 16.8 Å². The molecular formula is C6H6B2O. The van der Waals surface area contributed by atoms with E-state index < -0.39 is 0 Å². The fraction of sp³-hybridized carbons (Fsp3) is 0. The van der Waals surface area contributed by atoms with E-state index in [9.17, 15) is 0 Å². The van der Waals surface area contributed by atoms with Gasteiger partial charge in [0.2, 0.25) is 0 Å². The van der Waals surface area contributed by atoms with E-state index in [4.69, 9.17) is 5.11 Å². The summed E-state index contributed by atoms with van der Waals surface area (Å²) >= 11 is 0. The lowest BCUT2D eigenvalue weighted by atomic mass is 10.3. The molecule has 0 atom stereocenters. The van der Waals surface area contributed by atoms with E-state index in [1.165, 1.54) is 0 Å². The van der Waals surface area contributed by atoms with E-state index in [1.54, 1.807) is 24.3 Å². The van der Waals surface area contributed by atoms with Gasteiger partial charge in [0.25, 0.3) is 0 Å². The number of phenols is 1. The van der Waals surface area contributed by atoms with E-state index in [-0.39, 0.29) is 16.8 Å². The van der Waals surface area contributed by atoms with Gasteiger partial charge in [0, 0.05) is 16.8 Å². The molecule has 3 heteroatoms. The molecule has 1 rings (SSSR count). The fourth-order valence-corrected chi connectivity index (χ4v) is 0.428. The summed E-state index contributed by atoms with van der Waals surface area (Å²) < 4.78 is 0. The van der Waals surface area contributed by atoms with Crippen LogP contribution < -0.4 is 0 Å². The monoisotopic (exact) mass is 116 g/mol. The second-order valence-electron chi connectivity index (χ2n) is 1.34. The molecule has 0 saturated carbocycles. The summed E-state index contributed by atoms with van der Waals surface area (Å²) in [6, 6.07) is 8.71. The molecule has 0 amide bonds. The van der Waals surface area contributed by atoms with Crippen LogP contribution in [0.2, 0.25) is 0 Å². The molecule has 0 spiro atoms. The predicted molar refractivity (Wildman–Crippen MR) is 39.6 cm³/mol. The van der Waals surface area contributed by atoms with Crippen LogP contribution in [0.5, 0.6) is 5.75 Å². The number of aromatic hydroxyl groups is 1. The molecule has 42 valence electrons. The quantitative estimate of drug-likeness (QED) is 0.492. The zero-order valence-corrected chi connectivity index (χ0v) is 4.99. The van der Waals surface area contributed by atoms with Gasteiger partial charge in [0.05, 0.1) is 0 Å². The van der Waals surface area contributed by atoms with Gasteiger partial charge in [0.1, 0.15) is 5.75 Å². The normalized spacial score (nSPS) is 6.67. The summed E-state index contributed by atoms with van der Waals surface area (Å²) in [6.45, 7) is 0. The number of rotatable bonds is 0. The van der Waals surface area contributed by atoms with Crippen LogP contribution in [0.15, 0.2) is 30.3 Å². The zero-order chi connectivity index (χ0) is 5.11. The highest BCUT2D eigenvalue weighted by molar-refractivity contribution is 5.76. The molecule has 0 aliphatic rings. The molecule has 1 N–H and O–H groups in total. The minimum absolute atomic E-state index is 0.